The molecule has 112 valence electrons. The first-order valence-electron chi connectivity index (χ1n) is 6.52. The van der Waals surface area contributed by atoms with E-state index in [1.807, 2.05) is 20.8 Å². The third-order valence-corrected chi connectivity index (χ3v) is 2.93. The van der Waals surface area contributed by atoms with Crippen molar-refractivity contribution in [2.75, 3.05) is 12.8 Å². The van der Waals surface area contributed by atoms with Crippen molar-refractivity contribution >= 4 is 5.69 Å². The van der Waals surface area contributed by atoms with Gasteiger partial charge in [-0.3, -0.25) is 4.79 Å². The topological polar surface area (TPSA) is 79.4 Å². The van der Waals surface area contributed by atoms with Crippen molar-refractivity contribution < 1.29 is 9.47 Å². The molecule has 0 unspecified atom stereocenters. The van der Waals surface area contributed by atoms with E-state index >= 15 is 0 Å². The van der Waals surface area contributed by atoms with Crippen LogP contribution in [0.3, 0.4) is 0 Å². The summed E-state index contributed by atoms with van der Waals surface area (Å²) in [5.74, 6) is 0.821. The van der Waals surface area contributed by atoms with Crippen molar-refractivity contribution in [3.05, 3.63) is 40.9 Å². The van der Waals surface area contributed by atoms with E-state index in [0.29, 0.717) is 17.2 Å². The summed E-state index contributed by atoms with van der Waals surface area (Å²) in [5, 5.41) is 0. The van der Waals surface area contributed by atoms with Gasteiger partial charge in [-0.1, -0.05) is 0 Å². The second-order valence-corrected chi connectivity index (χ2v) is 5.59. The summed E-state index contributed by atoms with van der Waals surface area (Å²) < 4.78 is 12.4. The molecular weight excluding hydrogens is 270 g/mol. The largest absolute Gasteiger partial charge is 0.493 e. The first kappa shape index (κ1) is 14.9. The fraction of sp³-hybridized carbons (Fsp3) is 0.333. The highest BCUT2D eigenvalue weighted by atomic mass is 16.5. The molecule has 1 aromatic carbocycles. The Morgan fingerprint density at radius 3 is 2.57 bits per heavy atom. The van der Waals surface area contributed by atoms with Crippen LogP contribution in [0.5, 0.6) is 17.4 Å². The second kappa shape index (κ2) is 5.47. The molecule has 2 rings (SSSR count). The molecule has 0 bridgehead atoms. The van der Waals surface area contributed by atoms with Crippen LogP contribution in [-0.2, 0) is 5.54 Å². The van der Waals surface area contributed by atoms with E-state index in [0.717, 1.165) is 0 Å². The lowest BCUT2D eigenvalue weighted by atomic mass is 10.1. The first-order chi connectivity index (χ1) is 9.82. The average molecular weight is 289 g/mol. The van der Waals surface area contributed by atoms with Gasteiger partial charge in [0.15, 0.2) is 11.5 Å². The second-order valence-electron chi connectivity index (χ2n) is 5.59. The molecule has 21 heavy (non-hydrogen) atoms. The van der Waals surface area contributed by atoms with E-state index in [2.05, 4.69) is 4.98 Å². The zero-order valence-electron chi connectivity index (χ0n) is 12.6. The number of nitrogens with two attached hydrogens (primary N) is 1. The molecular formula is C15H19N3O3. The Kier molecular flexibility index (Phi) is 3.88. The van der Waals surface area contributed by atoms with Crippen molar-refractivity contribution in [3.63, 3.8) is 0 Å². The number of nitrogens with zero attached hydrogens (tertiary/aromatic N) is 2. The Morgan fingerprint density at radius 2 is 1.95 bits per heavy atom. The van der Waals surface area contributed by atoms with E-state index in [1.54, 1.807) is 29.0 Å². The van der Waals surface area contributed by atoms with Crippen molar-refractivity contribution in [1.29, 1.82) is 0 Å². The SMILES string of the molecule is COc1ccc(N)cc1Oc1nccn(C(C)(C)C)c1=O. The number of anilines is 1. The standard InChI is InChI=1S/C15H19N3O3/c1-15(2,3)18-8-7-17-13(14(18)19)21-12-9-10(16)5-6-11(12)20-4/h5-9H,16H2,1-4H3. The van der Waals surface area contributed by atoms with Crippen LogP contribution < -0.4 is 20.8 Å². The number of hydrogen-bond acceptors (Lipinski definition) is 5. The summed E-state index contributed by atoms with van der Waals surface area (Å²) in [7, 11) is 1.52. The molecule has 0 aliphatic heterocycles. The van der Waals surface area contributed by atoms with Crippen LogP contribution in [0.2, 0.25) is 0 Å². The lowest BCUT2D eigenvalue weighted by Crippen LogP contribution is -2.34. The number of methoxy groups -OCH3 is 1. The predicted octanol–water partition coefficient (Wildman–Crippen LogP) is 2.38. The van der Waals surface area contributed by atoms with E-state index in [4.69, 9.17) is 15.2 Å². The molecule has 6 heteroatoms. The molecule has 0 saturated heterocycles. The highest BCUT2D eigenvalue weighted by molar-refractivity contribution is 5.52. The molecule has 0 spiro atoms. The van der Waals surface area contributed by atoms with E-state index < -0.39 is 0 Å². The van der Waals surface area contributed by atoms with Gasteiger partial charge in [-0.2, -0.15) is 0 Å². The van der Waals surface area contributed by atoms with Gasteiger partial charge in [-0.25, -0.2) is 4.98 Å². The normalized spacial score (nSPS) is 11.2. The summed E-state index contributed by atoms with van der Waals surface area (Å²) >= 11 is 0. The fourth-order valence-electron chi connectivity index (χ4n) is 1.87. The summed E-state index contributed by atoms with van der Waals surface area (Å²) in [6, 6.07) is 4.96. The maximum absolute atomic E-state index is 12.4. The summed E-state index contributed by atoms with van der Waals surface area (Å²) in [6.07, 6.45) is 3.16. The maximum Gasteiger partial charge on any atom is 0.314 e. The Balaban J connectivity index is 2.46. The van der Waals surface area contributed by atoms with Crippen LogP contribution in [0.4, 0.5) is 5.69 Å². The van der Waals surface area contributed by atoms with Crippen LogP contribution in [0.1, 0.15) is 20.8 Å². The fourth-order valence-corrected chi connectivity index (χ4v) is 1.87. The van der Waals surface area contributed by atoms with E-state index in [1.165, 1.54) is 13.3 Å². The number of hydrogen-bond donors (Lipinski definition) is 1. The summed E-state index contributed by atoms with van der Waals surface area (Å²) in [4.78, 5) is 16.4. The van der Waals surface area contributed by atoms with Gasteiger partial charge in [-0.05, 0) is 32.9 Å². The van der Waals surface area contributed by atoms with Crippen LogP contribution in [0.15, 0.2) is 35.4 Å². The zero-order chi connectivity index (χ0) is 15.6. The van der Waals surface area contributed by atoms with Crippen LogP contribution >= 0.6 is 0 Å². The van der Waals surface area contributed by atoms with Crippen molar-refractivity contribution in [3.8, 4) is 17.4 Å². The van der Waals surface area contributed by atoms with Crippen LogP contribution in [0.25, 0.3) is 0 Å². The van der Waals surface area contributed by atoms with Gasteiger partial charge in [-0.15, -0.1) is 0 Å². The molecule has 0 fully saturated rings. The smallest absolute Gasteiger partial charge is 0.314 e. The van der Waals surface area contributed by atoms with Crippen molar-refractivity contribution in [2.45, 2.75) is 26.3 Å². The van der Waals surface area contributed by atoms with Crippen molar-refractivity contribution in [1.82, 2.24) is 9.55 Å². The third kappa shape index (κ3) is 3.16. The van der Waals surface area contributed by atoms with Crippen molar-refractivity contribution in [2.24, 2.45) is 0 Å². The Bertz CT molecular complexity index is 702. The molecule has 0 aliphatic carbocycles. The molecule has 0 saturated carbocycles. The zero-order valence-corrected chi connectivity index (χ0v) is 12.6. The number of rotatable bonds is 3. The summed E-state index contributed by atoms with van der Waals surface area (Å²) in [6.45, 7) is 5.79. The Morgan fingerprint density at radius 1 is 1.24 bits per heavy atom. The quantitative estimate of drug-likeness (QED) is 0.878. The van der Waals surface area contributed by atoms with Crippen LogP contribution in [0, 0.1) is 0 Å². The van der Waals surface area contributed by atoms with Gasteiger partial charge in [0.1, 0.15) is 0 Å². The van der Waals surface area contributed by atoms with E-state index in [-0.39, 0.29) is 17.0 Å². The highest BCUT2D eigenvalue weighted by Crippen LogP contribution is 2.31. The Labute approximate surface area is 123 Å². The molecule has 6 nitrogen and oxygen atoms in total. The molecule has 0 amide bonds. The summed E-state index contributed by atoms with van der Waals surface area (Å²) in [5.41, 5.74) is 5.57. The van der Waals surface area contributed by atoms with Gasteiger partial charge in [0.2, 0.25) is 0 Å². The van der Waals surface area contributed by atoms with Crippen LogP contribution in [-0.4, -0.2) is 16.7 Å². The molecule has 0 atom stereocenters. The molecule has 0 aliphatic rings. The van der Waals surface area contributed by atoms with Gasteiger partial charge < -0.3 is 19.8 Å². The predicted molar refractivity (Wildman–Crippen MR) is 81.0 cm³/mol. The van der Waals surface area contributed by atoms with Gasteiger partial charge >= 0.3 is 5.56 Å². The molecule has 0 radical (unpaired) electrons. The molecule has 1 heterocycles. The van der Waals surface area contributed by atoms with Gasteiger partial charge in [0, 0.05) is 29.7 Å². The monoisotopic (exact) mass is 289 g/mol. The molecule has 2 aromatic rings. The lowest BCUT2D eigenvalue weighted by Gasteiger charge is -2.22. The maximum atomic E-state index is 12.4. The molecule has 2 N–H and O–H groups in total. The minimum Gasteiger partial charge on any atom is -0.493 e. The number of aromatic nitrogens is 2. The minimum absolute atomic E-state index is 0.0173. The Hall–Kier alpha value is -2.50. The first-order valence-corrected chi connectivity index (χ1v) is 6.52. The van der Waals surface area contributed by atoms with Gasteiger partial charge in [0.05, 0.1) is 7.11 Å². The van der Waals surface area contributed by atoms with Gasteiger partial charge in [0.25, 0.3) is 5.88 Å². The lowest BCUT2D eigenvalue weighted by molar-refractivity contribution is 0.349. The number of ether oxygens (including phenoxy) is 2. The number of benzene rings is 1. The minimum atomic E-state index is -0.363. The number of nitrogen functional groups attached to an aromatic ring is 1. The van der Waals surface area contributed by atoms with E-state index in [9.17, 15) is 4.79 Å². The third-order valence-electron chi connectivity index (χ3n) is 2.93. The average Bonchev–Trinajstić information content (AvgIpc) is 2.40. The highest BCUT2D eigenvalue weighted by Gasteiger charge is 2.18. The molecule has 1 aromatic heterocycles.